The predicted molar refractivity (Wildman–Crippen MR) is 84.6 cm³/mol. The maximum absolute atomic E-state index is 12.6. The molecule has 1 heterocycles. The van der Waals surface area contributed by atoms with Gasteiger partial charge in [-0.2, -0.15) is 0 Å². The Kier molecular flexibility index (Phi) is 5.21. The number of nitrogens with zero attached hydrogens (tertiary/aromatic N) is 1. The molecule has 4 nitrogen and oxygen atoms in total. The minimum atomic E-state index is -0.0482. The van der Waals surface area contributed by atoms with E-state index in [9.17, 15) is 9.59 Å². The first kappa shape index (κ1) is 15.5. The van der Waals surface area contributed by atoms with E-state index in [4.69, 9.17) is 0 Å². The molecule has 1 aliphatic rings. The molecule has 108 valence electrons. The van der Waals surface area contributed by atoms with E-state index in [0.717, 1.165) is 28.3 Å². The molecule has 0 radical (unpaired) electrons. The Morgan fingerprint density at radius 1 is 1.35 bits per heavy atom. The molecule has 2 amide bonds. The quantitative estimate of drug-likeness (QED) is 0.825. The maximum atomic E-state index is 12.6. The van der Waals surface area contributed by atoms with Crippen LogP contribution in [0.5, 0.6) is 0 Å². The van der Waals surface area contributed by atoms with Crippen molar-refractivity contribution in [2.24, 2.45) is 0 Å². The van der Waals surface area contributed by atoms with Gasteiger partial charge in [-0.3, -0.25) is 9.59 Å². The summed E-state index contributed by atoms with van der Waals surface area (Å²) in [5.74, 6) is -0.0545. The van der Waals surface area contributed by atoms with Gasteiger partial charge >= 0.3 is 0 Å². The smallest absolute Gasteiger partial charge is 0.255 e. The lowest BCUT2D eigenvalue weighted by Gasteiger charge is -2.33. The van der Waals surface area contributed by atoms with Gasteiger partial charge in [0, 0.05) is 35.0 Å². The molecule has 1 aromatic rings. The van der Waals surface area contributed by atoms with Gasteiger partial charge in [-0.05, 0) is 47.0 Å². The zero-order valence-corrected chi connectivity index (χ0v) is 14.3. The zero-order valence-electron chi connectivity index (χ0n) is 11.2. The first-order chi connectivity index (χ1) is 9.47. The largest absolute Gasteiger partial charge is 0.352 e. The SMILES string of the molecule is CC(=O)NC1CCCN(C(=O)c2cc(Br)ccc2Br)C1. The highest BCUT2D eigenvalue weighted by atomic mass is 79.9. The summed E-state index contributed by atoms with van der Waals surface area (Å²) in [5, 5.41) is 2.89. The normalized spacial score (nSPS) is 18.8. The van der Waals surface area contributed by atoms with Gasteiger partial charge in [-0.25, -0.2) is 0 Å². The standard InChI is InChI=1S/C14H16Br2N2O2/c1-9(19)17-11-3-2-6-18(8-11)14(20)12-7-10(15)4-5-13(12)16/h4-5,7,11H,2-3,6,8H2,1H3,(H,17,19). The van der Waals surface area contributed by atoms with E-state index in [1.54, 1.807) is 4.90 Å². The van der Waals surface area contributed by atoms with Crippen LogP contribution in [-0.4, -0.2) is 35.8 Å². The van der Waals surface area contributed by atoms with Gasteiger partial charge in [-0.15, -0.1) is 0 Å². The number of carbonyl (C=O) groups excluding carboxylic acids is 2. The molecule has 1 aliphatic heterocycles. The van der Waals surface area contributed by atoms with Gasteiger partial charge in [0.2, 0.25) is 5.91 Å². The molecule has 20 heavy (non-hydrogen) atoms. The van der Waals surface area contributed by atoms with E-state index in [2.05, 4.69) is 37.2 Å². The molecule has 1 atom stereocenters. The van der Waals surface area contributed by atoms with Gasteiger partial charge < -0.3 is 10.2 Å². The molecule has 0 saturated carbocycles. The van der Waals surface area contributed by atoms with E-state index in [0.29, 0.717) is 12.1 Å². The Morgan fingerprint density at radius 2 is 2.10 bits per heavy atom. The van der Waals surface area contributed by atoms with Crippen molar-refractivity contribution in [1.29, 1.82) is 0 Å². The van der Waals surface area contributed by atoms with Crippen molar-refractivity contribution in [2.75, 3.05) is 13.1 Å². The number of rotatable bonds is 2. The van der Waals surface area contributed by atoms with Crippen molar-refractivity contribution in [1.82, 2.24) is 10.2 Å². The Labute approximate surface area is 135 Å². The number of nitrogens with one attached hydrogen (secondary N) is 1. The number of halogens is 2. The zero-order chi connectivity index (χ0) is 14.7. The summed E-state index contributed by atoms with van der Waals surface area (Å²) in [6, 6.07) is 5.61. The molecule has 1 N–H and O–H groups in total. The topological polar surface area (TPSA) is 49.4 Å². The van der Waals surface area contributed by atoms with Crippen LogP contribution in [0, 0.1) is 0 Å². The van der Waals surface area contributed by atoms with Crippen molar-refractivity contribution >= 4 is 43.7 Å². The Balaban J connectivity index is 2.12. The van der Waals surface area contributed by atoms with Crippen molar-refractivity contribution in [3.05, 3.63) is 32.7 Å². The van der Waals surface area contributed by atoms with Gasteiger partial charge in [0.1, 0.15) is 0 Å². The summed E-state index contributed by atoms with van der Waals surface area (Å²) in [7, 11) is 0. The Hall–Kier alpha value is -0.880. The van der Waals surface area contributed by atoms with E-state index in [-0.39, 0.29) is 17.9 Å². The van der Waals surface area contributed by atoms with Crippen LogP contribution in [0.25, 0.3) is 0 Å². The molecule has 1 aromatic carbocycles. The van der Waals surface area contributed by atoms with E-state index in [1.165, 1.54) is 6.92 Å². The highest BCUT2D eigenvalue weighted by molar-refractivity contribution is 9.11. The van der Waals surface area contributed by atoms with Crippen LogP contribution >= 0.6 is 31.9 Å². The summed E-state index contributed by atoms with van der Waals surface area (Å²) < 4.78 is 1.66. The summed E-state index contributed by atoms with van der Waals surface area (Å²) in [6.45, 7) is 2.80. The van der Waals surface area contributed by atoms with Crippen LogP contribution in [0.2, 0.25) is 0 Å². The highest BCUT2D eigenvalue weighted by Crippen LogP contribution is 2.24. The van der Waals surface area contributed by atoms with Crippen LogP contribution in [0.15, 0.2) is 27.1 Å². The molecule has 0 aliphatic carbocycles. The van der Waals surface area contributed by atoms with Crippen LogP contribution in [0.3, 0.4) is 0 Å². The van der Waals surface area contributed by atoms with Gasteiger partial charge in [0.05, 0.1) is 5.56 Å². The summed E-state index contributed by atoms with van der Waals surface area (Å²) >= 11 is 6.80. The molecule has 0 aromatic heterocycles. The number of amides is 2. The van der Waals surface area contributed by atoms with Gasteiger partial charge in [0.15, 0.2) is 0 Å². The lowest BCUT2D eigenvalue weighted by molar-refractivity contribution is -0.120. The fourth-order valence-corrected chi connectivity index (χ4v) is 3.18. The molecule has 0 bridgehead atoms. The van der Waals surface area contributed by atoms with Crippen LogP contribution in [0.1, 0.15) is 30.1 Å². The predicted octanol–water partition coefficient (Wildman–Crippen LogP) is 2.95. The summed E-state index contributed by atoms with van der Waals surface area (Å²) in [4.78, 5) is 25.5. The van der Waals surface area contributed by atoms with E-state index >= 15 is 0 Å². The Morgan fingerprint density at radius 3 is 2.80 bits per heavy atom. The summed E-state index contributed by atoms with van der Waals surface area (Å²) in [5.41, 5.74) is 0.642. The average Bonchev–Trinajstić information content (AvgIpc) is 2.40. The third-order valence-electron chi connectivity index (χ3n) is 3.27. The lowest BCUT2D eigenvalue weighted by Crippen LogP contribution is -2.49. The Bertz CT molecular complexity index is 534. The minimum absolute atomic E-state index is 0.00627. The maximum Gasteiger partial charge on any atom is 0.255 e. The fraction of sp³-hybridized carbons (Fsp3) is 0.429. The van der Waals surface area contributed by atoms with Crippen molar-refractivity contribution in [2.45, 2.75) is 25.8 Å². The molecular weight excluding hydrogens is 388 g/mol. The summed E-state index contributed by atoms with van der Waals surface area (Å²) in [6.07, 6.45) is 1.82. The fourth-order valence-electron chi connectivity index (χ4n) is 2.40. The second-order valence-electron chi connectivity index (χ2n) is 4.92. The number of benzene rings is 1. The molecule has 0 spiro atoms. The van der Waals surface area contributed by atoms with Gasteiger partial charge in [0.25, 0.3) is 5.91 Å². The average molecular weight is 404 g/mol. The molecular formula is C14H16Br2N2O2. The number of hydrogen-bond acceptors (Lipinski definition) is 2. The molecule has 1 unspecified atom stereocenters. The first-order valence-electron chi connectivity index (χ1n) is 6.49. The third-order valence-corrected chi connectivity index (χ3v) is 4.46. The van der Waals surface area contributed by atoms with Crippen LogP contribution < -0.4 is 5.32 Å². The lowest BCUT2D eigenvalue weighted by atomic mass is 10.0. The van der Waals surface area contributed by atoms with Crippen molar-refractivity contribution in [3.63, 3.8) is 0 Å². The number of carbonyl (C=O) groups is 2. The number of hydrogen-bond donors (Lipinski definition) is 1. The minimum Gasteiger partial charge on any atom is -0.352 e. The first-order valence-corrected chi connectivity index (χ1v) is 8.07. The molecule has 1 fully saturated rings. The number of piperidine rings is 1. The molecule has 2 rings (SSSR count). The van der Waals surface area contributed by atoms with E-state index in [1.807, 2.05) is 18.2 Å². The molecule has 1 saturated heterocycles. The van der Waals surface area contributed by atoms with Crippen LogP contribution in [-0.2, 0) is 4.79 Å². The number of likely N-dealkylation sites (tertiary alicyclic amines) is 1. The third kappa shape index (κ3) is 3.82. The highest BCUT2D eigenvalue weighted by Gasteiger charge is 2.26. The van der Waals surface area contributed by atoms with Crippen molar-refractivity contribution in [3.8, 4) is 0 Å². The van der Waals surface area contributed by atoms with E-state index < -0.39 is 0 Å². The van der Waals surface area contributed by atoms with Gasteiger partial charge in [-0.1, -0.05) is 15.9 Å². The molecule has 6 heteroatoms. The second-order valence-corrected chi connectivity index (χ2v) is 6.69. The second kappa shape index (κ2) is 6.72. The van der Waals surface area contributed by atoms with Crippen molar-refractivity contribution < 1.29 is 9.59 Å². The van der Waals surface area contributed by atoms with Crippen LogP contribution in [0.4, 0.5) is 0 Å². The monoisotopic (exact) mass is 402 g/mol.